The number of thiazole rings is 1. The number of aromatic nitrogens is 1. The lowest BCUT2D eigenvalue weighted by Crippen LogP contribution is -2.14. The minimum absolute atomic E-state index is 0.183. The van der Waals surface area contributed by atoms with Crippen molar-refractivity contribution in [3.05, 3.63) is 57.9 Å². The summed E-state index contributed by atoms with van der Waals surface area (Å²) in [6.45, 7) is 2.54. The molecule has 1 aromatic heterocycles. The van der Waals surface area contributed by atoms with Gasteiger partial charge < -0.3 is 9.30 Å². The quantitative estimate of drug-likeness (QED) is 0.706. The Hall–Kier alpha value is -2.11. The van der Waals surface area contributed by atoms with Crippen molar-refractivity contribution in [2.45, 2.75) is 13.3 Å². The normalized spacial score (nSPS) is 11.9. The molecule has 24 heavy (non-hydrogen) atoms. The standard InChI is InChI=1S/C18H17ClN2O2S/c1-3-23-14-5-4-6-15-17(14)21(2)18(24-15)20-16(22)11-12-7-9-13(19)10-8-12/h4-10H,3,11H2,1-2H3. The summed E-state index contributed by atoms with van der Waals surface area (Å²) in [5, 5.41) is 0.655. The molecule has 0 N–H and O–H groups in total. The number of nitrogens with zero attached hydrogens (tertiary/aromatic N) is 2. The second-order valence-corrected chi connectivity index (χ2v) is 6.73. The smallest absolute Gasteiger partial charge is 0.252 e. The van der Waals surface area contributed by atoms with Crippen LogP contribution in [0.25, 0.3) is 10.2 Å². The maximum absolute atomic E-state index is 12.3. The molecule has 3 aromatic rings. The summed E-state index contributed by atoms with van der Waals surface area (Å²) in [6, 6.07) is 13.1. The lowest BCUT2D eigenvalue weighted by atomic mass is 10.1. The van der Waals surface area contributed by atoms with E-state index in [-0.39, 0.29) is 12.3 Å². The third-order valence-electron chi connectivity index (χ3n) is 3.57. The molecule has 0 unspecified atom stereocenters. The molecular weight excluding hydrogens is 344 g/mol. The van der Waals surface area contributed by atoms with E-state index < -0.39 is 0 Å². The van der Waals surface area contributed by atoms with Crippen LogP contribution in [0.2, 0.25) is 5.02 Å². The monoisotopic (exact) mass is 360 g/mol. The van der Waals surface area contributed by atoms with Gasteiger partial charge in [-0.2, -0.15) is 4.99 Å². The molecule has 1 amide bonds. The van der Waals surface area contributed by atoms with Gasteiger partial charge in [0.1, 0.15) is 11.3 Å². The molecule has 6 heteroatoms. The first kappa shape index (κ1) is 16.7. The van der Waals surface area contributed by atoms with Crippen LogP contribution in [0, 0.1) is 0 Å². The van der Waals surface area contributed by atoms with Gasteiger partial charge in [-0.1, -0.05) is 41.1 Å². The zero-order valence-corrected chi connectivity index (χ0v) is 15.0. The third-order valence-corrected chi connectivity index (χ3v) is 4.92. The molecule has 124 valence electrons. The molecular formula is C18H17ClN2O2S. The first-order chi connectivity index (χ1) is 11.6. The molecule has 1 heterocycles. The zero-order chi connectivity index (χ0) is 17.1. The Labute approximate surface area is 149 Å². The van der Waals surface area contributed by atoms with Crippen LogP contribution in [0.1, 0.15) is 12.5 Å². The molecule has 0 saturated heterocycles. The van der Waals surface area contributed by atoms with E-state index in [1.54, 1.807) is 12.1 Å². The Morgan fingerprint density at radius 3 is 2.71 bits per heavy atom. The Bertz CT molecular complexity index is 942. The van der Waals surface area contributed by atoms with Gasteiger partial charge in [0.15, 0.2) is 4.80 Å². The molecule has 0 aliphatic heterocycles. The number of halogens is 1. The Morgan fingerprint density at radius 1 is 1.25 bits per heavy atom. The average Bonchev–Trinajstić information content (AvgIpc) is 2.87. The van der Waals surface area contributed by atoms with E-state index >= 15 is 0 Å². The highest BCUT2D eigenvalue weighted by Crippen LogP contribution is 2.26. The maximum atomic E-state index is 12.3. The van der Waals surface area contributed by atoms with E-state index in [1.165, 1.54) is 11.3 Å². The predicted molar refractivity (Wildman–Crippen MR) is 97.7 cm³/mol. The molecule has 3 rings (SSSR count). The minimum atomic E-state index is -0.183. The van der Waals surface area contributed by atoms with Gasteiger partial charge in [-0.05, 0) is 36.8 Å². The topological polar surface area (TPSA) is 43.6 Å². The molecule has 0 bridgehead atoms. The highest BCUT2D eigenvalue weighted by Gasteiger charge is 2.10. The fourth-order valence-electron chi connectivity index (χ4n) is 2.47. The van der Waals surface area contributed by atoms with E-state index in [0.717, 1.165) is 21.5 Å². The van der Waals surface area contributed by atoms with Gasteiger partial charge in [0.25, 0.3) is 5.91 Å². The second-order valence-electron chi connectivity index (χ2n) is 5.29. The SMILES string of the molecule is CCOc1cccc2sc(=NC(=O)Cc3ccc(Cl)cc3)n(C)c12. The minimum Gasteiger partial charge on any atom is -0.492 e. The van der Waals surface area contributed by atoms with E-state index in [0.29, 0.717) is 16.4 Å². The van der Waals surface area contributed by atoms with Crippen LogP contribution in [0.3, 0.4) is 0 Å². The number of ether oxygens (including phenoxy) is 1. The van der Waals surface area contributed by atoms with E-state index in [9.17, 15) is 4.79 Å². The summed E-state index contributed by atoms with van der Waals surface area (Å²) in [7, 11) is 1.90. The van der Waals surface area contributed by atoms with E-state index in [1.807, 2.05) is 48.9 Å². The van der Waals surface area contributed by atoms with Crippen LogP contribution in [-0.2, 0) is 18.3 Å². The summed E-state index contributed by atoms with van der Waals surface area (Å²) < 4.78 is 8.62. The van der Waals surface area contributed by atoms with Gasteiger partial charge in [-0.15, -0.1) is 0 Å². The van der Waals surface area contributed by atoms with Crippen molar-refractivity contribution >= 4 is 39.1 Å². The number of rotatable bonds is 4. The molecule has 0 radical (unpaired) electrons. The van der Waals surface area contributed by atoms with Gasteiger partial charge in [-0.25, -0.2) is 0 Å². The van der Waals surface area contributed by atoms with Crippen molar-refractivity contribution in [1.29, 1.82) is 0 Å². The van der Waals surface area contributed by atoms with Crippen molar-refractivity contribution < 1.29 is 9.53 Å². The van der Waals surface area contributed by atoms with Crippen LogP contribution < -0.4 is 9.54 Å². The average molecular weight is 361 g/mol. The summed E-state index contributed by atoms with van der Waals surface area (Å²) in [6.07, 6.45) is 0.254. The first-order valence-electron chi connectivity index (χ1n) is 7.62. The Morgan fingerprint density at radius 2 is 2.00 bits per heavy atom. The predicted octanol–water partition coefficient (Wildman–Crippen LogP) is 3.96. The number of fused-ring (bicyclic) bond motifs is 1. The number of aryl methyl sites for hydroxylation is 1. The van der Waals surface area contributed by atoms with Crippen molar-refractivity contribution in [3.63, 3.8) is 0 Å². The van der Waals surface area contributed by atoms with E-state index in [2.05, 4.69) is 4.99 Å². The lowest BCUT2D eigenvalue weighted by molar-refractivity contribution is -0.117. The van der Waals surface area contributed by atoms with Crippen molar-refractivity contribution in [1.82, 2.24) is 4.57 Å². The number of carbonyl (C=O) groups excluding carboxylic acids is 1. The molecule has 0 saturated carbocycles. The largest absolute Gasteiger partial charge is 0.492 e. The van der Waals surface area contributed by atoms with Crippen LogP contribution in [0.4, 0.5) is 0 Å². The number of hydrogen-bond acceptors (Lipinski definition) is 3. The number of carbonyl (C=O) groups is 1. The van der Waals surface area contributed by atoms with Gasteiger partial charge in [-0.3, -0.25) is 4.79 Å². The highest BCUT2D eigenvalue weighted by atomic mass is 35.5. The zero-order valence-electron chi connectivity index (χ0n) is 13.5. The van der Waals surface area contributed by atoms with Gasteiger partial charge in [0.2, 0.25) is 0 Å². The third kappa shape index (κ3) is 3.52. The van der Waals surface area contributed by atoms with E-state index in [4.69, 9.17) is 16.3 Å². The number of benzene rings is 2. The molecule has 0 fully saturated rings. The highest BCUT2D eigenvalue weighted by molar-refractivity contribution is 7.16. The van der Waals surface area contributed by atoms with Crippen molar-refractivity contribution in [2.75, 3.05) is 6.61 Å². The molecule has 0 aliphatic rings. The summed E-state index contributed by atoms with van der Waals surface area (Å²) in [5.74, 6) is 0.623. The number of para-hydroxylation sites is 1. The molecule has 4 nitrogen and oxygen atoms in total. The summed E-state index contributed by atoms with van der Waals surface area (Å²) in [4.78, 5) is 17.2. The molecule has 0 aliphatic carbocycles. The van der Waals surface area contributed by atoms with Gasteiger partial charge >= 0.3 is 0 Å². The van der Waals surface area contributed by atoms with Crippen molar-refractivity contribution in [3.8, 4) is 5.75 Å². The lowest BCUT2D eigenvalue weighted by Gasteiger charge is -2.05. The summed E-state index contributed by atoms with van der Waals surface area (Å²) in [5.41, 5.74) is 1.86. The number of hydrogen-bond donors (Lipinski definition) is 0. The van der Waals surface area contributed by atoms with Crippen LogP contribution >= 0.6 is 22.9 Å². The maximum Gasteiger partial charge on any atom is 0.252 e. The second kappa shape index (κ2) is 7.20. The molecule has 0 atom stereocenters. The Kier molecular flexibility index (Phi) is 5.02. The summed E-state index contributed by atoms with van der Waals surface area (Å²) >= 11 is 7.34. The number of amides is 1. The van der Waals surface area contributed by atoms with Gasteiger partial charge in [0.05, 0.1) is 17.7 Å². The fraction of sp³-hybridized carbons (Fsp3) is 0.222. The fourth-order valence-corrected chi connectivity index (χ4v) is 3.65. The van der Waals surface area contributed by atoms with Crippen LogP contribution in [0.5, 0.6) is 5.75 Å². The van der Waals surface area contributed by atoms with Crippen molar-refractivity contribution in [2.24, 2.45) is 12.0 Å². The van der Waals surface area contributed by atoms with Gasteiger partial charge in [0, 0.05) is 12.1 Å². The first-order valence-corrected chi connectivity index (χ1v) is 8.81. The molecule has 2 aromatic carbocycles. The van der Waals surface area contributed by atoms with Crippen LogP contribution in [-0.4, -0.2) is 17.1 Å². The Balaban J connectivity index is 1.94. The van der Waals surface area contributed by atoms with Crippen LogP contribution in [0.15, 0.2) is 47.5 Å². The molecule has 0 spiro atoms.